The van der Waals surface area contributed by atoms with Crippen molar-refractivity contribution in [2.45, 2.75) is 50.7 Å². The zero-order valence-corrected chi connectivity index (χ0v) is 7.86. The van der Waals surface area contributed by atoms with Gasteiger partial charge in [-0.15, -0.1) is 0 Å². The molecule has 4 heteroatoms. The standard InChI is InChI=1S/C9H14O4/c1-9(2)12-6-3-5(7-4-10-7)11-8(6)13-9/h5-8H,3-4H2,1-2H3/t5-,6+,7-,8-/m0/s1. The summed E-state index contributed by atoms with van der Waals surface area (Å²) in [5, 5.41) is 0. The van der Waals surface area contributed by atoms with Crippen LogP contribution in [-0.4, -0.2) is 37.0 Å². The van der Waals surface area contributed by atoms with Crippen molar-refractivity contribution < 1.29 is 18.9 Å². The van der Waals surface area contributed by atoms with Gasteiger partial charge in [-0.05, 0) is 13.8 Å². The third-order valence-corrected chi connectivity index (χ3v) is 2.69. The summed E-state index contributed by atoms with van der Waals surface area (Å²) in [5.74, 6) is -0.481. The Kier molecular flexibility index (Phi) is 1.54. The molecule has 74 valence electrons. The van der Waals surface area contributed by atoms with Gasteiger partial charge in [0.25, 0.3) is 0 Å². The van der Waals surface area contributed by atoms with Gasteiger partial charge in [-0.25, -0.2) is 0 Å². The highest BCUT2D eigenvalue weighted by atomic mass is 16.8. The fraction of sp³-hybridized carbons (Fsp3) is 1.00. The van der Waals surface area contributed by atoms with Crippen LogP contribution in [0.2, 0.25) is 0 Å². The predicted octanol–water partition coefficient (Wildman–Crippen LogP) is 0.652. The van der Waals surface area contributed by atoms with Crippen molar-refractivity contribution in [2.75, 3.05) is 6.61 Å². The van der Waals surface area contributed by atoms with Gasteiger partial charge in [0.1, 0.15) is 12.2 Å². The van der Waals surface area contributed by atoms with Crippen LogP contribution in [0.3, 0.4) is 0 Å². The van der Waals surface area contributed by atoms with Crippen LogP contribution in [0.5, 0.6) is 0 Å². The molecule has 0 spiro atoms. The molecule has 0 bridgehead atoms. The Bertz CT molecular complexity index is 208. The van der Waals surface area contributed by atoms with E-state index in [1.807, 2.05) is 13.8 Å². The average Bonchev–Trinajstić information content (AvgIpc) is 2.71. The molecule has 0 unspecified atom stereocenters. The maximum absolute atomic E-state index is 5.68. The molecule has 4 nitrogen and oxygen atoms in total. The molecular formula is C9H14O4. The minimum Gasteiger partial charge on any atom is -0.370 e. The molecule has 3 rings (SSSR count). The van der Waals surface area contributed by atoms with Gasteiger partial charge >= 0.3 is 0 Å². The van der Waals surface area contributed by atoms with Gasteiger partial charge in [0, 0.05) is 6.42 Å². The highest BCUT2D eigenvalue weighted by molar-refractivity contribution is 4.92. The quantitative estimate of drug-likeness (QED) is 0.564. The maximum atomic E-state index is 5.68. The van der Waals surface area contributed by atoms with E-state index in [0.29, 0.717) is 6.10 Å². The second-order valence-electron chi connectivity index (χ2n) is 4.32. The van der Waals surface area contributed by atoms with Gasteiger partial charge in [0.05, 0.1) is 12.7 Å². The highest BCUT2D eigenvalue weighted by Crippen LogP contribution is 2.39. The second-order valence-corrected chi connectivity index (χ2v) is 4.32. The van der Waals surface area contributed by atoms with E-state index in [0.717, 1.165) is 13.0 Å². The zero-order valence-electron chi connectivity index (χ0n) is 7.86. The molecule has 0 aromatic heterocycles. The molecule has 0 aromatic carbocycles. The number of hydrogen-bond donors (Lipinski definition) is 0. The lowest BCUT2D eigenvalue weighted by Gasteiger charge is -2.19. The molecule has 3 aliphatic heterocycles. The molecule has 0 aliphatic carbocycles. The van der Waals surface area contributed by atoms with E-state index in [1.54, 1.807) is 0 Å². The summed E-state index contributed by atoms with van der Waals surface area (Å²) in [7, 11) is 0. The van der Waals surface area contributed by atoms with E-state index in [1.165, 1.54) is 0 Å². The van der Waals surface area contributed by atoms with Crippen molar-refractivity contribution >= 4 is 0 Å². The SMILES string of the molecule is CC1(C)O[C@@H]2O[C@H]([C@@H]3CO3)C[C@H]2O1. The van der Waals surface area contributed by atoms with Crippen LogP contribution < -0.4 is 0 Å². The number of hydrogen-bond acceptors (Lipinski definition) is 4. The van der Waals surface area contributed by atoms with Crippen LogP contribution in [0.1, 0.15) is 20.3 Å². The Balaban J connectivity index is 1.66. The van der Waals surface area contributed by atoms with Crippen LogP contribution in [0, 0.1) is 0 Å². The largest absolute Gasteiger partial charge is 0.370 e. The number of epoxide rings is 1. The first-order valence-electron chi connectivity index (χ1n) is 4.77. The third kappa shape index (κ3) is 1.38. The van der Waals surface area contributed by atoms with E-state index in [4.69, 9.17) is 18.9 Å². The summed E-state index contributed by atoms with van der Waals surface area (Å²) >= 11 is 0. The van der Waals surface area contributed by atoms with Gasteiger partial charge in [0.2, 0.25) is 0 Å². The molecule has 3 aliphatic rings. The minimum atomic E-state index is -0.481. The molecule has 0 aromatic rings. The van der Waals surface area contributed by atoms with Gasteiger partial charge in [-0.1, -0.05) is 0 Å². The van der Waals surface area contributed by atoms with Crippen molar-refractivity contribution in [2.24, 2.45) is 0 Å². The van der Waals surface area contributed by atoms with E-state index in [9.17, 15) is 0 Å². The molecule has 0 amide bonds. The number of rotatable bonds is 1. The molecule has 4 atom stereocenters. The first-order chi connectivity index (χ1) is 6.14. The third-order valence-electron chi connectivity index (χ3n) is 2.69. The van der Waals surface area contributed by atoms with E-state index < -0.39 is 5.79 Å². The Morgan fingerprint density at radius 1 is 1.08 bits per heavy atom. The summed E-state index contributed by atoms with van der Waals surface area (Å²) < 4.78 is 22.1. The Morgan fingerprint density at radius 2 is 1.85 bits per heavy atom. The molecule has 0 N–H and O–H groups in total. The Labute approximate surface area is 77.1 Å². The van der Waals surface area contributed by atoms with Crippen LogP contribution in [0.4, 0.5) is 0 Å². The second kappa shape index (κ2) is 2.45. The summed E-state index contributed by atoms with van der Waals surface area (Å²) in [4.78, 5) is 0. The minimum absolute atomic E-state index is 0.101. The zero-order chi connectivity index (χ0) is 9.05. The number of fused-ring (bicyclic) bond motifs is 1. The monoisotopic (exact) mass is 186 g/mol. The van der Waals surface area contributed by atoms with Crippen molar-refractivity contribution in [3.8, 4) is 0 Å². The van der Waals surface area contributed by atoms with Gasteiger partial charge in [-0.3, -0.25) is 0 Å². The van der Waals surface area contributed by atoms with E-state index >= 15 is 0 Å². The summed E-state index contributed by atoms with van der Waals surface area (Å²) in [6.07, 6.45) is 1.30. The van der Waals surface area contributed by atoms with Crippen LogP contribution in [0.15, 0.2) is 0 Å². The van der Waals surface area contributed by atoms with E-state index in [2.05, 4.69) is 0 Å². The summed E-state index contributed by atoms with van der Waals surface area (Å²) in [6, 6.07) is 0. The normalized spacial score (nSPS) is 52.2. The lowest BCUT2D eigenvalue weighted by molar-refractivity contribution is -0.206. The molecule has 3 heterocycles. The molecule has 13 heavy (non-hydrogen) atoms. The smallest absolute Gasteiger partial charge is 0.187 e. The average molecular weight is 186 g/mol. The lowest BCUT2D eigenvalue weighted by Crippen LogP contribution is -2.26. The molecular weight excluding hydrogens is 172 g/mol. The first kappa shape index (κ1) is 8.17. The highest BCUT2D eigenvalue weighted by Gasteiger charge is 2.52. The molecule has 3 saturated heterocycles. The van der Waals surface area contributed by atoms with Crippen molar-refractivity contribution in [1.29, 1.82) is 0 Å². The Morgan fingerprint density at radius 3 is 2.46 bits per heavy atom. The lowest BCUT2D eigenvalue weighted by atomic mass is 10.1. The van der Waals surface area contributed by atoms with Crippen molar-refractivity contribution in [1.82, 2.24) is 0 Å². The van der Waals surface area contributed by atoms with Gasteiger partial charge in [-0.2, -0.15) is 0 Å². The van der Waals surface area contributed by atoms with Crippen molar-refractivity contribution in [3.63, 3.8) is 0 Å². The topological polar surface area (TPSA) is 40.2 Å². The van der Waals surface area contributed by atoms with Crippen molar-refractivity contribution in [3.05, 3.63) is 0 Å². The maximum Gasteiger partial charge on any atom is 0.187 e. The predicted molar refractivity (Wildman–Crippen MR) is 43.1 cm³/mol. The van der Waals surface area contributed by atoms with E-state index in [-0.39, 0.29) is 18.5 Å². The number of ether oxygens (including phenoxy) is 4. The fourth-order valence-electron chi connectivity index (χ4n) is 2.04. The summed E-state index contributed by atoms with van der Waals surface area (Å²) in [5.41, 5.74) is 0. The molecule has 0 saturated carbocycles. The summed E-state index contributed by atoms with van der Waals surface area (Å²) in [6.45, 7) is 4.65. The fourth-order valence-corrected chi connectivity index (χ4v) is 2.04. The van der Waals surface area contributed by atoms with Crippen LogP contribution in [-0.2, 0) is 18.9 Å². The van der Waals surface area contributed by atoms with Crippen LogP contribution >= 0.6 is 0 Å². The first-order valence-corrected chi connectivity index (χ1v) is 4.77. The van der Waals surface area contributed by atoms with Gasteiger partial charge < -0.3 is 18.9 Å². The molecule has 3 fully saturated rings. The molecule has 0 radical (unpaired) electrons. The van der Waals surface area contributed by atoms with Crippen LogP contribution in [0.25, 0.3) is 0 Å². The van der Waals surface area contributed by atoms with Gasteiger partial charge in [0.15, 0.2) is 12.1 Å². The Hall–Kier alpha value is -0.160.